The van der Waals surface area contributed by atoms with Crippen molar-refractivity contribution in [3.05, 3.63) is 104 Å². The van der Waals surface area contributed by atoms with Crippen LogP contribution in [-0.4, -0.2) is 24.6 Å². The van der Waals surface area contributed by atoms with Gasteiger partial charge in [0.15, 0.2) is 5.82 Å². The van der Waals surface area contributed by atoms with Crippen LogP contribution in [0.15, 0.2) is 59.7 Å². The molecule has 0 radical (unpaired) electrons. The van der Waals surface area contributed by atoms with Crippen LogP contribution in [0.25, 0.3) is 17.1 Å². The zero-order valence-electron chi connectivity index (χ0n) is 21.7. The first-order valence-corrected chi connectivity index (χ1v) is 12.8. The zero-order chi connectivity index (χ0) is 28.3. The molecule has 1 fully saturated rings. The molecule has 1 aliphatic carbocycles. The number of pyridine rings is 2. The average molecular weight is 555 g/mol. The second-order valence-corrected chi connectivity index (χ2v) is 10.8. The van der Waals surface area contributed by atoms with Gasteiger partial charge in [0.1, 0.15) is 10.6 Å². The van der Waals surface area contributed by atoms with Crippen molar-refractivity contribution in [2.75, 3.05) is 0 Å². The van der Waals surface area contributed by atoms with E-state index in [9.17, 15) is 23.1 Å². The maximum atomic E-state index is 13.6. The summed E-state index contributed by atoms with van der Waals surface area (Å²) >= 11 is 6.63. The van der Waals surface area contributed by atoms with E-state index in [2.05, 4.69) is 15.0 Å². The van der Waals surface area contributed by atoms with Crippen molar-refractivity contribution in [3.8, 4) is 17.1 Å². The van der Waals surface area contributed by atoms with E-state index >= 15 is 0 Å². The third kappa shape index (κ3) is 5.21. The van der Waals surface area contributed by atoms with Gasteiger partial charge in [-0.05, 0) is 93.0 Å². The molecule has 1 N–H and O–H groups in total. The average Bonchev–Trinajstić information content (AvgIpc) is 3.67. The molecule has 0 aliphatic heterocycles. The van der Waals surface area contributed by atoms with Gasteiger partial charge in [-0.1, -0.05) is 23.7 Å². The molecule has 1 aromatic carbocycles. The summed E-state index contributed by atoms with van der Waals surface area (Å²) in [5.74, 6) is 0.193. The van der Waals surface area contributed by atoms with E-state index in [0.717, 1.165) is 23.3 Å². The van der Waals surface area contributed by atoms with E-state index in [1.165, 1.54) is 16.7 Å². The van der Waals surface area contributed by atoms with E-state index in [1.807, 2.05) is 19.9 Å². The Kier molecular flexibility index (Phi) is 6.63. The minimum absolute atomic E-state index is 0.00330. The van der Waals surface area contributed by atoms with Crippen LogP contribution < -0.4 is 5.56 Å². The number of aryl methyl sites for hydroxylation is 2. The molecular formula is C29H26ClF3N4O2. The molecule has 0 spiro atoms. The minimum atomic E-state index is -4.39. The Hall–Kier alpha value is -3.56. The topological polar surface area (TPSA) is 80.9 Å². The van der Waals surface area contributed by atoms with Gasteiger partial charge in [-0.2, -0.15) is 13.2 Å². The van der Waals surface area contributed by atoms with Crippen molar-refractivity contribution >= 4 is 11.6 Å². The van der Waals surface area contributed by atoms with Crippen molar-refractivity contribution in [2.45, 2.75) is 57.7 Å². The van der Waals surface area contributed by atoms with E-state index in [1.54, 1.807) is 38.4 Å². The lowest BCUT2D eigenvalue weighted by molar-refractivity contribution is -0.137. The lowest BCUT2D eigenvalue weighted by Crippen LogP contribution is -2.23. The Balaban J connectivity index is 1.49. The fourth-order valence-electron chi connectivity index (χ4n) is 4.82. The largest absolute Gasteiger partial charge is 0.416 e. The van der Waals surface area contributed by atoms with Crippen LogP contribution in [0.2, 0.25) is 5.02 Å². The minimum Gasteiger partial charge on any atom is -0.382 e. The zero-order valence-corrected chi connectivity index (χ0v) is 22.5. The van der Waals surface area contributed by atoms with E-state index in [0.29, 0.717) is 34.8 Å². The first-order chi connectivity index (χ1) is 18.3. The van der Waals surface area contributed by atoms with Gasteiger partial charge in [0.25, 0.3) is 5.56 Å². The molecular weight excluding hydrogens is 529 g/mol. The molecule has 1 saturated carbocycles. The number of aromatic nitrogens is 4. The van der Waals surface area contributed by atoms with Crippen LogP contribution in [0, 0.1) is 13.8 Å². The lowest BCUT2D eigenvalue weighted by atomic mass is 10.0. The van der Waals surface area contributed by atoms with Gasteiger partial charge in [-0.25, -0.2) is 9.97 Å². The first kappa shape index (κ1) is 27.0. The Morgan fingerprint density at radius 2 is 1.69 bits per heavy atom. The summed E-state index contributed by atoms with van der Waals surface area (Å²) in [6, 6.07) is 10.5. The van der Waals surface area contributed by atoms with Crippen molar-refractivity contribution in [1.82, 2.24) is 19.5 Å². The number of benzene rings is 1. The van der Waals surface area contributed by atoms with Crippen molar-refractivity contribution in [3.63, 3.8) is 0 Å². The number of hydrogen-bond donors (Lipinski definition) is 1. The van der Waals surface area contributed by atoms with Gasteiger partial charge in [-0.15, -0.1) is 0 Å². The van der Waals surface area contributed by atoms with Gasteiger partial charge in [0.2, 0.25) is 0 Å². The molecule has 3 aromatic heterocycles. The molecule has 0 amide bonds. The van der Waals surface area contributed by atoms with Crippen LogP contribution in [-0.2, 0) is 11.8 Å². The van der Waals surface area contributed by atoms with E-state index in [-0.39, 0.29) is 28.2 Å². The van der Waals surface area contributed by atoms with Crippen molar-refractivity contribution < 1.29 is 18.3 Å². The number of hydrogen-bond acceptors (Lipinski definition) is 5. The van der Waals surface area contributed by atoms with Crippen LogP contribution in [0.1, 0.15) is 65.9 Å². The third-order valence-electron chi connectivity index (χ3n) is 7.00. The number of alkyl halides is 3. The Morgan fingerprint density at radius 1 is 1.00 bits per heavy atom. The molecule has 1 unspecified atom stereocenters. The quantitative estimate of drug-likeness (QED) is 0.305. The van der Waals surface area contributed by atoms with Gasteiger partial charge >= 0.3 is 6.18 Å². The van der Waals surface area contributed by atoms with Gasteiger partial charge < -0.3 is 5.11 Å². The molecule has 5 rings (SSSR count). The maximum Gasteiger partial charge on any atom is 0.416 e. The molecule has 3 heterocycles. The van der Waals surface area contributed by atoms with Gasteiger partial charge in [-0.3, -0.25) is 14.3 Å². The van der Waals surface area contributed by atoms with Crippen molar-refractivity contribution in [1.29, 1.82) is 0 Å². The number of nitrogens with zero attached hydrogens (tertiary/aromatic N) is 4. The molecule has 39 heavy (non-hydrogen) atoms. The molecule has 10 heteroatoms. The molecule has 202 valence electrons. The second kappa shape index (κ2) is 9.57. The lowest BCUT2D eigenvalue weighted by Gasteiger charge is -2.17. The highest BCUT2D eigenvalue weighted by atomic mass is 35.5. The SMILES string of the molecule is Cc1cnc(-c2ccnc(C(C)(C)O)n2)cc1-n1c(C)cc([C@@H]2CC2c2ccc(C(F)(F)F)cc2)c(Cl)c1=O. The highest BCUT2D eigenvalue weighted by molar-refractivity contribution is 6.31. The summed E-state index contributed by atoms with van der Waals surface area (Å²) in [6.45, 7) is 6.83. The summed E-state index contributed by atoms with van der Waals surface area (Å²) in [4.78, 5) is 26.6. The second-order valence-electron chi connectivity index (χ2n) is 10.4. The van der Waals surface area contributed by atoms with E-state index in [4.69, 9.17) is 11.6 Å². The highest BCUT2D eigenvalue weighted by Crippen LogP contribution is 2.56. The summed E-state index contributed by atoms with van der Waals surface area (Å²) < 4.78 is 40.3. The van der Waals surface area contributed by atoms with Crippen LogP contribution in [0.5, 0.6) is 0 Å². The normalized spacial score (nSPS) is 17.4. The molecule has 0 saturated heterocycles. The molecule has 2 atom stereocenters. The van der Waals surface area contributed by atoms with E-state index < -0.39 is 17.3 Å². The standard InChI is InChI=1S/C29H26ClF3N4O2/c1-15-14-35-23(22-9-10-34-27(36-22)28(3,4)39)13-24(15)37-16(2)11-21(25(30)26(37)38)20-12-19(20)17-5-7-18(8-6-17)29(31,32)33/h5-11,13-14,19-20,39H,12H2,1-4H3/t19?,20-/m1/s1. The first-order valence-electron chi connectivity index (χ1n) is 12.4. The summed E-state index contributed by atoms with van der Waals surface area (Å²) in [5, 5.41) is 10.4. The number of halogens is 4. The fraction of sp³-hybridized carbons (Fsp3) is 0.310. The summed E-state index contributed by atoms with van der Waals surface area (Å²) in [7, 11) is 0. The maximum absolute atomic E-state index is 13.6. The number of rotatable bonds is 5. The van der Waals surface area contributed by atoms with Crippen LogP contribution >= 0.6 is 11.6 Å². The highest BCUT2D eigenvalue weighted by Gasteiger charge is 2.42. The summed E-state index contributed by atoms with van der Waals surface area (Å²) in [6.07, 6.45) is -0.499. The third-order valence-corrected chi connectivity index (χ3v) is 7.38. The monoisotopic (exact) mass is 554 g/mol. The summed E-state index contributed by atoms with van der Waals surface area (Å²) in [5.41, 5.74) is 2.17. The van der Waals surface area contributed by atoms with Gasteiger partial charge in [0, 0.05) is 18.1 Å². The molecule has 1 aliphatic rings. The smallest absolute Gasteiger partial charge is 0.382 e. The molecule has 4 aromatic rings. The fourth-order valence-corrected chi connectivity index (χ4v) is 5.10. The van der Waals surface area contributed by atoms with Crippen molar-refractivity contribution in [2.24, 2.45) is 0 Å². The Bertz CT molecular complexity index is 1630. The Labute approximate surface area is 228 Å². The van der Waals surface area contributed by atoms with Crippen LogP contribution in [0.4, 0.5) is 13.2 Å². The molecule has 0 bridgehead atoms. The predicted molar refractivity (Wildman–Crippen MR) is 142 cm³/mol. The predicted octanol–water partition coefficient (Wildman–Crippen LogP) is 6.48. The van der Waals surface area contributed by atoms with Crippen LogP contribution in [0.3, 0.4) is 0 Å². The molecule has 6 nitrogen and oxygen atoms in total. The number of aliphatic hydroxyl groups is 1. The van der Waals surface area contributed by atoms with Gasteiger partial charge in [0.05, 0.1) is 22.6 Å². The Morgan fingerprint density at radius 3 is 2.33 bits per heavy atom.